The van der Waals surface area contributed by atoms with Gasteiger partial charge in [-0.15, -0.1) is 11.6 Å². The Hall–Kier alpha value is -0.780. The lowest BCUT2D eigenvalue weighted by molar-refractivity contribution is 0.445. The number of hydrogen-bond acceptors (Lipinski definition) is 0. The Labute approximate surface area is 130 Å². The van der Waals surface area contributed by atoms with E-state index in [0.717, 1.165) is 6.07 Å². The lowest BCUT2D eigenvalue weighted by Gasteiger charge is -2.13. The van der Waals surface area contributed by atoms with E-state index in [4.69, 9.17) is 23.2 Å². The van der Waals surface area contributed by atoms with Crippen molar-refractivity contribution in [3.63, 3.8) is 0 Å². The maximum Gasteiger partial charge on any atom is 0.194 e. The molecule has 0 aromatic heterocycles. The molecule has 0 nitrogen and oxygen atoms in total. The van der Waals surface area contributed by atoms with Crippen LogP contribution >= 0.6 is 39.1 Å². The Morgan fingerprint density at radius 3 is 2.00 bits per heavy atom. The Balaban J connectivity index is 2.51. The number of hydrogen-bond donors (Lipinski definition) is 0. The summed E-state index contributed by atoms with van der Waals surface area (Å²) >= 11 is 14.8. The van der Waals surface area contributed by atoms with E-state index in [9.17, 15) is 17.6 Å². The van der Waals surface area contributed by atoms with Gasteiger partial charge in [0.15, 0.2) is 17.5 Å². The van der Waals surface area contributed by atoms with E-state index < -0.39 is 28.6 Å². The second kappa shape index (κ2) is 5.92. The van der Waals surface area contributed by atoms with Crippen LogP contribution in [0.15, 0.2) is 28.7 Å². The molecule has 0 aliphatic carbocycles. The van der Waals surface area contributed by atoms with Crippen LogP contribution in [0.3, 0.4) is 0 Å². The van der Waals surface area contributed by atoms with Gasteiger partial charge < -0.3 is 0 Å². The molecule has 0 aliphatic rings. The van der Waals surface area contributed by atoms with E-state index in [0.29, 0.717) is 16.6 Å². The topological polar surface area (TPSA) is 0 Å². The molecule has 0 amide bonds. The maximum absolute atomic E-state index is 13.8. The van der Waals surface area contributed by atoms with Crippen molar-refractivity contribution in [3.8, 4) is 0 Å². The molecule has 0 radical (unpaired) electrons. The highest BCUT2D eigenvalue weighted by atomic mass is 79.9. The molecule has 1 atom stereocenters. The Kier molecular flexibility index (Phi) is 4.62. The van der Waals surface area contributed by atoms with Crippen molar-refractivity contribution in [1.82, 2.24) is 0 Å². The predicted molar refractivity (Wildman–Crippen MR) is 73.1 cm³/mol. The number of halogens is 7. The molecule has 2 aromatic rings. The zero-order valence-corrected chi connectivity index (χ0v) is 12.6. The van der Waals surface area contributed by atoms with E-state index in [2.05, 4.69) is 15.9 Å². The van der Waals surface area contributed by atoms with Crippen LogP contribution in [0, 0.1) is 23.3 Å². The van der Waals surface area contributed by atoms with Crippen molar-refractivity contribution in [2.24, 2.45) is 0 Å². The molecule has 20 heavy (non-hydrogen) atoms. The second-order valence-electron chi connectivity index (χ2n) is 3.95. The smallest absolute Gasteiger partial charge is 0.194 e. The van der Waals surface area contributed by atoms with E-state index in [1.54, 1.807) is 0 Å². The number of alkyl halides is 1. The standard InChI is InChI=1S/C13H5BrCl2F4/c14-7-4-9(17)6(3-8(7)15)12(16)5-1-10(18)13(20)11(19)2-5/h1-4,12H. The summed E-state index contributed by atoms with van der Waals surface area (Å²) in [6, 6.07) is 3.75. The number of rotatable bonds is 2. The minimum absolute atomic E-state index is 0.0646. The fourth-order valence-electron chi connectivity index (χ4n) is 1.63. The van der Waals surface area contributed by atoms with Crippen molar-refractivity contribution in [1.29, 1.82) is 0 Å². The van der Waals surface area contributed by atoms with Crippen LogP contribution in [0.5, 0.6) is 0 Å². The van der Waals surface area contributed by atoms with Crippen molar-refractivity contribution in [2.75, 3.05) is 0 Å². The van der Waals surface area contributed by atoms with Crippen LogP contribution in [0.4, 0.5) is 17.6 Å². The molecule has 0 fully saturated rings. The molecule has 0 N–H and O–H groups in total. The first-order valence-corrected chi connectivity index (χ1v) is 6.85. The van der Waals surface area contributed by atoms with Crippen molar-refractivity contribution in [2.45, 2.75) is 5.38 Å². The van der Waals surface area contributed by atoms with Gasteiger partial charge in [-0.25, -0.2) is 17.6 Å². The highest BCUT2D eigenvalue weighted by Gasteiger charge is 2.21. The molecule has 0 bridgehead atoms. The van der Waals surface area contributed by atoms with E-state index in [1.807, 2.05) is 0 Å². The molecule has 106 valence electrons. The van der Waals surface area contributed by atoms with Gasteiger partial charge in [-0.2, -0.15) is 0 Å². The molecule has 0 spiro atoms. The van der Waals surface area contributed by atoms with Crippen LogP contribution in [0.1, 0.15) is 16.5 Å². The molecular formula is C13H5BrCl2F4. The van der Waals surface area contributed by atoms with E-state index in [1.165, 1.54) is 6.07 Å². The number of benzene rings is 2. The summed E-state index contributed by atoms with van der Waals surface area (Å²) in [5.74, 6) is -5.10. The zero-order chi connectivity index (χ0) is 15.0. The molecule has 0 saturated heterocycles. The van der Waals surface area contributed by atoms with Crippen LogP contribution in [0.2, 0.25) is 5.02 Å². The van der Waals surface area contributed by atoms with Gasteiger partial charge in [0.2, 0.25) is 0 Å². The highest BCUT2D eigenvalue weighted by Crippen LogP contribution is 2.36. The third-order valence-corrected chi connectivity index (χ3v) is 4.30. The van der Waals surface area contributed by atoms with Crippen LogP contribution in [0.25, 0.3) is 0 Å². The molecule has 0 heterocycles. The SMILES string of the molecule is Fc1cc(Br)c(Cl)cc1C(Cl)c1cc(F)c(F)c(F)c1. The highest BCUT2D eigenvalue weighted by molar-refractivity contribution is 9.10. The maximum atomic E-state index is 13.8. The monoisotopic (exact) mass is 386 g/mol. The summed E-state index contributed by atoms with van der Waals surface area (Å²) in [5, 5.41) is -1.01. The lowest BCUT2D eigenvalue weighted by atomic mass is 10.0. The molecule has 0 saturated carbocycles. The average Bonchev–Trinajstić information content (AvgIpc) is 2.38. The van der Waals surface area contributed by atoms with Gasteiger partial charge in [-0.1, -0.05) is 11.6 Å². The molecule has 7 heteroatoms. The van der Waals surface area contributed by atoms with Crippen molar-refractivity contribution < 1.29 is 17.6 Å². The van der Waals surface area contributed by atoms with Crippen LogP contribution in [-0.2, 0) is 0 Å². The first-order valence-electron chi connectivity index (χ1n) is 5.24. The normalized spacial score (nSPS) is 12.6. The van der Waals surface area contributed by atoms with Gasteiger partial charge in [-0.3, -0.25) is 0 Å². The molecule has 2 aromatic carbocycles. The van der Waals surface area contributed by atoms with Gasteiger partial charge in [0.1, 0.15) is 5.82 Å². The molecule has 2 rings (SSSR count). The van der Waals surface area contributed by atoms with Gasteiger partial charge in [0.25, 0.3) is 0 Å². The van der Waals surface area contributed by atoms with Gasteiger partial charge in [0.05, 0.1) is 10.4 Å². The summed E-state index contributed by atoms with van der Waals surface area (Å²) in [6.45, 7) is 0. The fraction of sp³-hybridized carbons (Fsp3) is 0.0769. The summed E-state index contributed by atoms with van der Waals surface area (Å²) in [7, 11) is 0. The summed E-state index contributed by atoms with van der Waals surface area (Å²) < 4.78 is 53.3. The minimum Gasteiger partial charge on any atom is -0.207 e. The zero-order valence-electron chi connectivity index (χ0n) is 9.53. The third-order valence-electron chi connectivity index (χ3n) is 2.61. The summed E-state index contributed by atoms with van der Waals surface area (Å²) in [5.41, 5.74) is -0.175. The average molecular weight is 388 g/mol. The van der Waals surface area contributed by atoms with Crippen molar-refractivity contribution >= 4 is 39.1 Å². The third kappa shape index (κ3) is 2.95. The Morgan fingerprint density at radius 2 is 1.45 bits per heavy atom. The lowest BCUT2D eigenvalue weighted by Crippen LogP contribution is -2.01. The van der Waals surface area contributed by atoms with Crippen molar-refractivity contribution in [3.05, 3.63) is 68.2 Å². The second-order valence-corrected chi connectivity index (χ2v) is 5.65. The summed E-state index contributed by atoms with van der Waals surface area (Å²) in [4.78, 5) is 0. The Bertz CT molecular complexity index is 653. The quantitative estimate of drug-likeness (QED) is 0.257. The fourth-order valence-corrected chi connectivity index (χ4v) is 2.41. The van der Waals surface area contributed by atoms with Gasteiger partial charge in [-0.05, 0) is 45.8 Å². The first-order chi connectivity index (χ1) is 9.31. The van der Waals surface area contributed by atoms with E-state index >= 15 is 0 Å². The van der Waals surface area contributed by atoms with E-state index in [-0.39, 0.29) is 16.1 Å². The largest absolute Gasteiger partial charge is 0.207 e. The van der Waals surface area contributed by atoms with Gasteiger partial charge in [0, 0.05) is 10.0 Å². The van der Waals surface area contributed by atoms with Crippen LogP contribution < -0.4 is 0 Å². The summed E-state index contributed by atoms with van der Waals surface area (Å²) in [6.07, 6.45) is 0. The minimum atomic E-state index is -1.60. The van der Waals surface area contributed by atoms with Gasteiger partial charge >= 0.3 is 0 Å². The molecular weight excluding hydrogens is 383 g/mol. The molecule has 0 aliphatic heterocycles. The van der Waals surface area contributed by atoms with Crippen LogP contribution in [-0.4, -0.2) is 0 Å². The first kappa shape index (κ1) is 15.6. The molecule has 1 unspecified atom stereocenters. The predicted octanol–water partition coefficient (Wildman–Crippen LogP) is 5.99. The Morgan fingerprint density at radius 1 is 0.900 bits per heavy atom.